The number of hydrogen-bond donors (Lipinski definition) is 0. The van der Waals surface area contributed by atoms with Crippen molar-refractivity contribution in [3.63, 3.8) is 0 Å². The second-order valence-corrected chi connectivity index (χ2v) is 4.29. The van der Waals surface area contributed by atoms with E-state index >= 15 is 0 Å². The standard InChI is InChI=1S/C15H17N/c1-12-3-6-14(7-4-12)9-10-15-8-5-13(2)16-11-15/h3-8,11H,9-10H2,1-2H3. The predicted octanol–water partition coefficient (Wildman–Crippen LogP) is 3.48. The number of rotatable bonds is 3. The zero-order valence-electron chi connectivity index (χ0n) is 9.90. The van der Waals surface area contributed by atoms with Crippen molar-refractivity contribution in [3.8, 4) is 0 Å². The second-order valence-electron chi connectivity index (χ2n) is 4.29. The molecule has 0 bridgehead atoms. The Morgan fingerprint density at radius 3 is 2.06 bits per heavy atom. The van der Waals surface area contributed by atoms with E-state index in [1.165, 1.54) is 16.7 Å². The average Bonchev–Trinajstić information content (AvgIpc) is 2.30. The Bertz CT molecular complexity index is 394. The molecule has 0 atom stereocenters. The molecule has 0 aliphatic rings. The highest BCUT2D eigenvalue weighted by molar-refractivity contribution is 5.23. The third kappa shape index (κ3) is 2.93. The fraction of sp³-hybridized carbons (Fsp3) is 0.267. The van der Waals surface area contributed by atoms with E-state index in [1.54, 1.807) is 0 Å². The lowest BCUT2D eigenvalue weighted by Crippen LogP contribution is -1.92. The van der Waals surface area contributed by atoms with Crippen LogP contribution in [0, 0.1) is 13.8 Å². The molecule has 0 saturated carbocycles. The first-order valence-electron chi connectivity index (χ1n) is 5.71. The van der Waals surface area contributed by atoms with E-state index in [2.05, 4.69) is 48.3 Å². The molecule has 1 heteroatoms. The van der Waals surface area contributed by atoms with E-state index in [0.717, 1.165) is 18.5 Å². The molecular weight excluding hydrogens is 194 g/mol. The Kier molecular flexibility index (Phi) is 3.35. The van der Waals surface area contributed by atoms with Crippen LogP contribution in [0.15, 0.2) is 42.6 Å². The maximum Gasteiger partial charge on any atom is 0.0372 e. The molecule has 0 aliphatic heterocycles. The summed E-state index contributed by atoms with van der Waals surface area (Å²) in [5.74, 6) is 0. The summed E-state index contributed by atoms with van der Waals surface area (Å²) in [6.45, 7) is 4.14. The molecule has 0 unspecified atom stereocenters. The van der Waals surface area contributed by atoms with Crippen molar-refractivity contribution in [2.24, 2.45) is 0 Å². The van der Waals surface area contributed by atoms with E-state index in [0.29, 0.717) is 0 Å². The van der Waals surface area contributed by atoms with E-state index < -0.39 is 0 Å². The maximum absolute atomic E-state index is 4.31. The SMILES string of the molecule is Cc1ccc(CCc2ccc(C)nc2)cc1. The monoisotopic (exact) mass is 211 g/mol. The molecule has 16 heavy (non-hydrogen) atoms. The average molecular weight is 211 g/mol. The second kappa shape index (κ2) is 4.93. The van der Waals surface area contributed by atoms with Crippen LogP contribution >= 0.6 is 0 Å². The van der Waals surface area contributed by atoms with E-state index in [1.807, 2.05) is 13.1 Å². The van der Waals surface area contributed by atoms with Gasteiger partial charge in [-0.25, -0.2) is 0 Å². The molecule has 1 aromatic heterocycles. The van der Waals surface area contributed by atoms with Crippen LogP contribution in [0.1, 0.15) is 22.4 Å². The fourth-order valence-electron chi connectivity index (χ4n) is 1.69. The lowest BCUT2D eigenvalue weighted by Gasteiger charge is -2.02. The van der Waals surface area contributed by atoms with Crippen LogP contribution in [0.25, 0.3) is 0 Å². The highest BCUT2D eigenvalue weighted by Crippen LogP contribution is 2.08. The Labute approximate surface area is 97.2 Å². The number of benzene rings is 1. The molecule has 2 aromatic rings. The Hall–Kier alpha value is -1.63. The fourth-order valence-corrected chi connectivity index (χ4v) is 1.69. The molecule has 1 nitrogen and oxygen atoms in total. The van der Waals surface area contributed by atoms with Gasteiger partial charge in [-0.1, -0.05) is 35.9 Å². The summed E-state index contributed by atoms with van der Waals surface area (Å²) in [5.41, 5.74) is 5.11. The van der Waals surface area contributed by atoms with Crippen molar-refractivity contribution in [2.45, 2.75) is 26.7 Å². The minimum atomic E-state index is 1.07. The molecule has 0 aliphatic carbocycles. The first-order valence-corrected chi connectivity index (χ1v) is 5.71. The lowest BCUT2D eigenvalue weighted by atomic mass is 10.0. The van der Waals surface area contributed by atoms with Crippen LogP contribution in [-0.2, 0) is 12.8 Å². The number of pyridine rings is 1. The minimum Gasteiger partial charge on any atom is -0.261 e. The first-order chi connectivity index (χ1) is 7.74. The van der Waals surface area contributed by atoms with Crippen LogP contribution in [0.2, 0.25) is 0 Å². The predicted molar refractivity (Wildman–Crippen MR) is 67.6 cm³/mol. The first kappa shape index (κ1) is 10.9. The summed E-state index contributed by atoms with van der Waals surface area (Å²) in [7, 11) is 0. The topological polar surface area (TPSA) is 12.9 Å². The van der Waals surface area contributed by atoms with Gasteiger partial charge >= 0.3 is 0 Å². The van der Waals surface area contributed by atoms with Gasteiger partial charge < -0.3 is 0 Å². The maximum atomic E-state index is 4.31. The van der Waals surface area contributed by atoms with E-state index in [9.17, 15) is 0 Å². The summed E-state index contributed by atoms with van der Waals surface area (Å²) in [5, 5.41) is 0. The molecule has 0 fully saturated rings. The number of aryl methyl sites for hydroxylation is 4. The molecular formula is C15H17N. The van der Waals surface area contributed by atoms with Crippen molar-refractivity contribution in [1.82, 2.24) is 4.98 Å². The molecule has 0 radical (unpaired) electrons. The van der Waals surface area contributed by atoms with Crippen molar-refractivity contribution in [3.05, 3.63) is 65.0 Å². The summed E-state index contributed by atoms with van der Waals surface area (Å²) in [6, 6.07) is 13.0. The highest BCUT2D eigenvalue weighted by Gasteiger charge is 1.96. The van der Waals surface area contributed by atoms with Crippen molar-refractivity contribution < 1.29 is 0 Å². The molecule has 1 aromatic carbocycles. The number of aromatic nitrogens is 1. The van der Waals surface area contributed by atoms with E-state index in [-0.39, 0.29) is 0 Å². The molecule has 0 N–H and O–H groups in total. The molecule has 2 rings (SSSR count). The zero-order chi connectivity index (χ0) is 11.4. The summed E-state index contributed by atoms with van der Waals surface area (Å²) in [4.78, 5) is 4.31. The molecule has 0 spiro atoms. The molecule has 0 amide bonds. The normalized spacial score (nSPS) is 10.4. The Balaban J connectivity index is 1.97. The summed E-state index contributed by atoms with van der Waals surface area (Å²) < 4.78 is 0. The van der Waals surface area contributed by atoms with Gasteiger partial charge in [0.05, 0.1) is 0 Å². The summed E-state index contributed by atoms with van der Waals surface area (Å²) in [6.07, 6.45) is 4.13. The molecule has 82 valence electrons. The van der Waals surface area contributed by atoms with Crippen LogP contribution < -0.4 is 0 Å². The van der Waals surface area contributed by atoms with Crippen LogP contribution in [0.3, 0.4) is 0 Å². The molecule has 1 heterocycles. The largest absolute Gasteiger partial charge is 0.261 e. The zero-order valence-corrected chi connectivity index (χ0v) is 9.90. The van der Waals surface area contributed by atoms with Crippen molar-refractivity contribution >= 4 is 0 Å². The van der Waals surface area contributed by atoms with Gasteiger partial charge in [-0.05, 0) is 43.9 Å². The minimum absolute atomic E-state index is 1.07. The summed E-state index contributed by atoms with van der Waals surface area (Å²) >= 11 is 0. The third-order valence-electron chi connectivity index (χ3n) is 2.80. The Morgan fingerprint density at radius 2 is 1.44 bits per heavy atom. The number of nitrogens with zero attached hydrogens (tertiary/aromatic N) is 1. The van der Waals surface area contributed by atoms with Gasteiger partial charge in [-0.15, -0.1) is 0 Å². The van der Waals surface area contributed by atoms with Crippen molar-refractivity contribution in [2.75, 3.05) is 0 Å². The van der Waals surface area contributed by atoms with Gasteiger partial charge in [0.1, 0.15) is 0 Å². The van der Waals surface area contributed by atoms with Crippen LogP contribution in [0.5, 0.6) is 0 Å². The smallest absolute Gasteiger partial charge is 0.0372 e. The van der Waals surface area contributed by atoms with Gasteiger partial charge in [-0.3, -0.25) is 4.98 Å². The molecule has 0 saturated heterocycles. The highest BCUT2D eigenvalue weighted by atomic mass is 14.6. The third-order valence-corrected chi connectivity index (χ3v) is 2.80. The lowest BCUT2D eigenvalue weighted by molar-refractivity contribution is 0.944. The quantitative estimate of drug-likeness (QED) is 0.757. The van der Waals surface area contributed by atoms with Gasteiger partial charge in [0.15, 0.2) is 0 Å². The van der Waals surface area contributed by atoms with Crippen LogP contribution in [0.4, 0.5) is 0 Å². The van der Waals surface area contributed by atoms with Gasteiger partial charge in [0, 0.05) is 11.9 Å². The van der Waals surface area contributed by atoms with E-state index in [4.69, 9.17) is 0 Å². The van der Waals surface area contributed by atoms with Gasteiger partial charge in [-0.2, -0.15) is 0 Å². The number of hydrogen-bond acceptors (Lipinski definition) is 1. The van der Waals surface area contributed by atoms with Gasteiger partial charge in [0.2, 0.25) is 0 Å². The van der Waals surface area contributed by atoms with Crippen molar-refractivity contribution in [1.29, 1.82) is 0 Å². The van der Waals surface area contributed by atoms with Gasteiger partial charge in [0.25, 0.3) is 0 Å². The Morgan fingerprint density at radius 1 is 0.812 bits per heavy atom. The van der Waals surface area contributed by atoms with Crippen LogP contribution in [-0.4, -0.2) is 4.98 Å².